The normalized spacial score (nSPS) is 13.2. The molecular weight excluding hydrogens is 228 g/mol. The summed E-state index contributed by atoms with van der Waals surface area (Å²) in [5.41, 5.74) is 12.3. The van der Waals surface area contributed by atoms with E-state index < -0.39 is 5.91 Å². The van der Waals surface area contributed by atoms with E-state index in [-0.39, 0.29) is 11.5 Å². The molecule has 0 saturated carbocycles. The van der Waals surface area contributed by atoms with Crippen LogP contribution in [0.15, 0.2) is 12.1 Å². The summed E-state index contributed by atoms with van der Waals surface area (Å²) < 4.78 is 0. The number of aryl methyl sites for hydroxylation is 1. The van der Waals surface area contributed by atoms with Gasteiger partial charge in [0.1, 0.15) is 5.82 Å². The van der Waals surface area contributed by atoms with Crippen LogP contribution in [0.1, 0.15) is 36.8 Å². The monoisotopic (exact) mass is 250 g/mol. The quantitative estimate of drug-likeness (QED) is 0.750. The molecule has 1 unspecified atom stereocenters. The van der Waals surface area contributed by atoms with Crippen molar-refractivity contribution in [1.29, 1.82) is 0 Å². The van der Waals surface area contributed by atoms with Gasteiger partial charge in [-0.3, -0.25) is 4.79 Å². The zero-order chi connectivity index (χ0) is 13.9. The van der Waals surface area contributed by atoms with Crippen LogP contribution >= 0.6 is 0 Å². The summed E-state index contributed by atoms with van der Waals surface area (Å²) in [5, 5.41) is 3.22. The van der Waals surface area contributed by atoms with Crippen LogP contribution in [0.2, 0.25) is 0 Å². The van der Waals surface area contributed by atoms with Crippen molar-refractivity contribution in [3.8, 4) is 0 Å². The second-order valence-electron chi connectivity index (χ2n) is 5.51. The molecule has 5 heteroatoms. The highest BCUT2D eigenvalue weighted by atomic mass is 16.1. The van der Waals surface area contributed by atoms with Crippen molar-refractivity contribution in [2.75, 3.05) is 11.9 Å². The average Bonchev–Trinajstić information content (AvgIpc) is 2.23. The third-order valence-corrected chi connectivity index (χ3v) is 2.89. The number of nitrogens with one attached hydrogen (secondary N) is 1. The summed E-state index contributed by atoms with van der Waals surface area (Å²) in [6.45, 7) is 8.56. The second kappa shape index (κ2) is 5.35. The number of rotatable bonds is 4. The van der Waals surface area contributed by atoms with E-state index in [1.807, 2.05) is 6.92 Å². The van der Waals surface area contributed by atoms with Gasteiger partial charge < -0.3 is 16.8 Å². The lowest BCUT2D eigenvalue weighted by Crippen LogP contribution is -2.41. The molecule has 1 aromatic heterocycles. The van der Waals surface area contributed by atoms with Crippen LogP contribution in [0.5, 0.6) is 0 Å². The number of carbonyl (C=O) groups excluding carboxylic acids is 1. The largest absolute Gasteiger partial charge is 0.365 e. The van der Waals surface area contributed by atoms with Gasteiger partial charge in [-0.1, -0.05) is 20.8 Å². The fourth-order valence-electron chi connectivity index (χ4n) is 1.66. The van der Waals surface area contributed by atoms with Crippen molar-refractivity contribution >= 4 is 11.7 Å². The number of pyridine rings is 1. The van der Waals surface area contributed by atoms with Gasteiger partial charge in [-0.25, -0.2) is 4.98 Å². The van der Waals surface area contributed by atoms with Crippen LogP contribution in [0.4, 0.5) is 5.82 Å². The maximum Gasteiger partial charge on any atom is 0.252 e. The van der Waals surface area contributed by atoms with Gasteiger partial charge >= 0.3 is 0 Å². The Bertz CT molecular complexity index is 437. The first-order chi connectivity index (χ1) is 8.25. The van der Waals surface area contributed by atoms with Gasteiger partial charge in [-0.15, -0.1) is 0 Å². The predicted molar refractivity (Wildman–Crippen MR) is 73.4 cm³/mol. The van der Waals surface area contributed by atoms with Gasteiger partial charge in [0.15, 0.2) is 0 Å². The average molecular weight is 250 g/mol. The van der Waals surface area contributed by atoms with E-state index in [0.29, 0.717) is 17.9 Å². The lowest BCUT2D eigenvalue weighted by molar-refractivity contribution is 0.100. The smallest absolute Gasteiger partial charge is 0.252 e. The summed E-state index contributed by atoms with van der Waals surface area (Å²) in [6.07, 6.45) is 0. The summed E-state index contributed by atoms with van der Waals surface area (Å²) in [4.78, 5) is 15.7. The SMILES string of the molecule is Cc1ccc(C(N)=O)c(NC(CN)C(C)(C)C)n1. The summed E-state index contributed by atoms with van der Waals surface area (Å²) in [7, 11) is 0. The molecule has 0 aliphatic heterocycles. The highest BCUT2D eigenvalue weighted by molar-refractivity contribution is 5.97. The van der Waals surface area contributed by atoms with E-state index in [0.717, 1.165) is 5.69 Å². The molecule has 0 fully saturated rings. The van der Waals surface area contributed by atoms with Crippen LogP contribution < -0.4 is 16.8 Å². The molecule has 100 valence electrons. The molecule has 5 N–H and O–H groups in total. The van der Waals surface area contributed by atoms with E-state index in [1.54, 1.807) is 12.1 Å². The van der Waals surface area contributed by atoms with Crippen molar-refractivity contribution in [1.82, 2.24) is 4.98 Å². The van der Waals surface area contributed by atoms with Crippen LogP contribution in [0.3, 0.4) is 0 Å². The first kappa shape index (κ1) is 14.4. The first-order valence-corrected chi connectivity index (χ1v) is 5.99. The highest BCUT2D eigenvalue weighted by Gasteiger charge is 2.24. The van der Waals surface area contributed by atoms with Gasteiger partial charge in [0.25, 0.3) is 5.91 Å². The molecule has 5 nitrogen and oxygen atoms in total. The summed E-state index contributed by atoms with van der Waals surface area (Å²) in [6, 6.07) is 3.47. The van der Waals surface area contributed by atoms with E-state index in [9.17, 15) is 4.79 Å². The molecule has 0 aliphatic rings. The van der Waals surface area contributed by atoms with Gasteiger partial charge in [-0.05, 0) is 24.5 Å². The Kier molecular flexibility index (Phi) is 4.29. The minimum absolute atomic E-state index is 0.0184. The van der Waals surface area contributed by atoms with E-state index in [1.165, 1.54) is 0 Å². The number of nitrogens with two attached hydrogens (primary N) is 2. The summed E-state index contributed by atoms with van der Waals surface area (Å²) >= 11 is 0. The number of nitrogens with zero attached hydrogens (tertiary/aromatic N) is 1. The molecule has 0 bridgehead atoms. The van der Waals surface area contributed by atoms with E-state index in [4.69, 9.17) is 11.5 Å². The fourth-order valence-corrected chi connectivity index (χ4v) is 1.66. The Morgan fingerprint density at radius 2 is 2.06 bits per heavy atom. The van der Waals surface area contributed by atoms with Crippen molar-refractivity contribution in [3.63, 3.8) is 0 Å². The Hall–Kier alpha value is -1.62. The molecular formula is C13H22N4O. The van der Waals surface area contributed by atoms with Crippen molar-refractivity contribution < 1.29 is 4.79 Å². The number of hydrogen-bond acceptors (Lipinski definition) is 4. The molecule has 0 aliphatic carbocycles. The molecule has 0 radical (unpaired) electrons. The lowest BCUT2D eigenvalue weighted by Gasteiger charge is -2.31. The Morgan fingerprint density at radius 1 is 1.44 bits per heavy atom. The Balaban J connectivity index is 3.09. The van der Waals surface area contributed by atoms with Crippen molar-refractivity contribution in [2.45, 2.75) is 33.7 Å². The topological polar surface area (TPSA) is 94.0 Å². The van der Waals surface area contributed by atoms with Crippen LogP contribution in [-0.2, 0) is 0 Å². The number of hydrogen-bond donors (Lipinski definition) is 3. The lowest BCUT2D eigenvalue weighted by atomic mass is 9.86. The molecule has 1 heterocycles. The highest BCUT2D eigenvalue weighted by Crippen LogP contribution is 2.23. The van der Waals surface area contributed by atoms with Gasteiger partial charge in [-0.2, -0.15) is 0 Å². The fraction of sp³-hybridized carbons (Fsp3) is 0.538. The number of amides is 1. The molecule has 1 amide bonds. The summed E-state index contributed by atoms with van der Waals surface area (Å²) in [5.74, 6) is 0.0163. The Morgan fingerprint density at radius 3 is 2.50 bits per heavy atom. The standard InChI is InChI=1S/C13H22N4O/c1-8-5-6-9(11(15)18)12(16-8)17-10(7-14)13(2,3)4/h5-6,10H,7,14H2,1-4H3,(H2,15,18)(H,16,17). The van der Waals surface area contributed by atoms with E-state index >= 15 is 0 Å². The van der Waals surface area contributed by atoms with E-state index in [2.05, 4.69) is 31.1 Å². The molecule has 1 atom stereocenters. The zero-order valence-electron chi connectivity index (χ0n) is 11.4. The van der Waals surface area contributed by atoms with Crippen LogP contribution in [0.25, 0.3) is 0 Å². The first-order valence-electron chi connectivity index (χ1n) is 5.99. The molecule has 0 aromatic carbocycles. The van der Waals surface area contributed by atoms with Gasteiger partial charge in [0.05, 0.1) is 5.56 Å². The molecule has 1 rings (SSSR count). The number of anilines is 1. The van der Waals surface area contributed by atoms with Gasteiger partial charge in [0.2, 0.25) is 0 Å². The van der Waals surface area contributed by atoms with Crippen molar-refractivity contribution in [2.24, 2.45) is 16.9 Å². The Labute approximate surface area is 108 Å². The second-order valence-corrected chi connectivity index (χ2v) is 5.51. The van der Waals surface area contributed by atoms with Crippen LogP contribution in [0, 0.1) is 12.3 Å². The number of carbonyl (C=O) groups is 1. The number of aromatic nitrogens is 1. The molecule has 0 saturated heterocycles. The third-order valence-electron chi connectivity index (χ3n) is 2.89. The minimum Gasteiger partial charge on any atom is -0.365 e. The maximum absolute atomic E-state index is 11.4. The predicted octanol–water partition coefficient (Wildman–Crippen LogP) is 1.27. The molecule has 18 heavy (non-hydrogen) atoms. The maximum atomic E-state index is 11.4. The third kappa shape index (κ3) is 3.43. The molecule has 1 aromatic rings. The number of primary amides is 1. The minimum atomic E-state index is -0.491. The van der Waals surface area contributed by atoms with Crippen molar-refractivity contribution in [3.05, 3.63) is 23.4 Å². The van der Waals surface area contributed by atoms with Gasteiger partial charge in [0, 0.05) is 18.3 Å². The molecule has 0 spiro atoms. The van der Waals surface area contributed by atoms with Crippen LogP contribution in [-0.4, -0.2) is 23.5 Å². The zero-order valence-corrected chi connectivity index (χ0v) is 11.4.